The van der Waals surface area contributed by atoms with Crippen LogP contribution in [-0.4, -0.2) is 9.55 Å². The van der Waals surface area contributed by atoms with Crippen LogP contribution in [0.2, 0.25) is 0 Å². The van der Waals surface area contributed by atoms with Gasteiger partial charge in [-0.2, -0.15) is 0 Å². The van der Waals surface area contributed by atoms with Crippen molar-refractivity contribution in [2.24, 2.45) is 0 Å². The number of rotatable bonds is 3. The number of hydrogen-bond donors (Lipinski definition) is 0. The van der Waals surface area contributed by atoms with Crippen LogP contribution in [0.25, 0.3) is 39.1 Å². The van der Waals surface area contributed by atoms with Crippen molar-refractivity contribution >= 4 is 10.9 Å². The predicted molar refractivity (Wildman–Crippen MR) is 117 cm³/mol. The second-order valence-electron chi connectivity index (χ2n) is 7.01. The van der Waals surface area contributed by atoms with Crippen LogP contribution in [0.3, 0.4) is 0 Å². The molecule has 28 heavy (non-hydrogen) atoms. The second-order valence-corrected chi connectivity index (χ2v) is 7.01. The zero-order valence-corrected chi connectivity index (χ0v) is 15.7. The zero-order valence-electron chi connectivity index (χ0n) is 15.7. The summed E-state index contributed by atoms with van der Waals surface area (Å²) in [5.74, 6) is 0. The molecule has 0 spiro atoms. The highest BCUT2D eigenvalue weighted by Gasteiger charge is 2.12. The van der Waals surface area contributed by atoms with Gasteiger partial charge in [-0.15, -0.1) is 0 Å². The van der Waals surface area contributed by atoms with Gasteiger partial charge in [0.1, 0.15) is 0 Å². The molecule has 134 valence electrons. The molecule has 0 atom stereocenters. The Morgan fingerprint density at radius 1 is 0.607 bits per heavy atom. The van der Waals surface area contributed by atoms with Gasteiger partial charge in [0.2, 0.25) is 0 Å². The lowest BCUT2D eigenvalue weighted by Crippen LogP contribution is -1.99. The van der Waals surface area contributed by atoms with Gasteiger partial charge in [0.25, 0.3) is 0 Å². The number of hydrogen-bond acceptors (Lipinski definition) is 1. The first-order valence-electron chi connectivity index (χ1n) is 9.50. The largest absolute Gasteiger partial charge is 0.314 e. The molecule has 0 aliphatic carbocycles. The Kier molecular flexibility index (Phi) is 4.02. The number of nitrogens with zero attached hydrogens (tertiary/aromatic N) is 2. The van der Waals surface area contributed by atoms with E-state index in [0.29, 0.717) is 0 Å². The van der Waals surface area contributed by atoms with Crippen LogP contribution in [-0.2, 0) is 0 Å². The van der Waals surface area contributed by atoms with Gasteiger partial charge in [0, 0.05) is 22.2 Å². The van der Waals surface area contributed by atoms with E-state index in [4.69, 9.17) is 4.98 Å². The Labute approximate surface area is 164 Å². The van der Waals surface area contributed by atoms with Crippen molar-refractivity contribution in [1.82, 2.24) is 9.55 Å². The van der Waals surface area contributed by atoms with Gasteiger partial charge in [-0.05, 0) is 31.2 Å². The zero-order chi connectivity index (χ0) is 18.9. The molecule has 0 amide bonds. The lowest BCUT2D eigenvalue weighted by molar-refractivity contribution is 1.05. The number of benzene rings is 3. The van der Waals surface area contributed by atoms with E-state index in [1.165, 1.54) is 16.6 Å². The first kappa shape index (κ1) is 16.5. The Morgan fingerprint density at radius 3 is 1.75 bits per heavy atom. The van der Waals surface area contributed by atoms with Crippen LogP contribution < -0.4 is 0 Å². The minimum atomic E-state index is 0.981. The lowest BCUT2D eigenvalue weighted by Gasteiger charge is -2.13. The van der Waals surface area contributed by atoms with Crippen molar-refractivity contribution < 1.29 is 0 Å². The fourth-order valence-corrected chi connectivity index (χ4v) is 3.79. The Morgan fingerprint density at radius 2 is 1.14 bits per heavy atom. The molecule has 0 saturated heterocycles. The first-order valence-corrected chi connectivity index (χ1v) is 9.50. The average Bonchev–Trinajstić information content (AvgIpc) is 3.10. The molecule has 0 fully saturated rings. The van der Waals surface area contributed by atoms with Crippen LogP contribution in [0.1, 0.15) is 5.69 Å². The first-order chi connectivity index (χ1) is 13.8. The minimum absolute atomic E-state index is 0.981. The quantitative estimate of drug-likeness (QED) is 0.351. The number of aromatic nitrogens is 2. The minimum Gasteiger partial charge on any atom is -0.314 e. The standard InChI is InChI=1S/C26H20N2/c1-19-16-22-14-8-9-15-26(22)28(19)23-17-24(20-10-4-2-5-11-20)27-25(18-23)21-12-6-3-7-13-21/h2-18H,1H3. The summed E-state index contributed by atoms with van der Waals surface area (Å²) >= 11 is 0. The summed E-state index contributed by atoms with van der Waals surface area (Å²) in [6, 6.07) is 35.9. The fraction of sp³-hybridized carbons (Fsp3) is 0.0385. The highest BCUT2D eigenvalue weighted by atomic mass is 15.0. The maximum atomic E-state index is 4.98. The molecular weight excluding hydrogens is 340 g/mol. The summed E-state index contributed by atoms with van der Waals surface area (Å²) < 4.78 is 2.32. The Hall–Kier alpha value is -3.65. The van der Waals surface area contributed by atoms with Crippen LogP contribution in [0.5, 0.6) is 0 Å². The molecule has 2 nitrogen and oxygen atoms in total. The maximum absolute atomic E-state index is 4.98. The predicted octanol–water partition coefficient (Wildman–Crippen LogP) is 6.67. The van der Waals surface area contributed by atoms with Crippen LogP contribution in [0, 0.1) is 6.92 Å². The van der Waals surface area contributed by atoms with Crippen molar-refractivity contribution in [2.45, 2.75) is 6.92 Å². The third kappa shape index (κ3) is 2.89. The van der Waals surface area contributed by atoms with Crippen molar-refractivity contribution in [3.05, 3.63) is 109 Å². The summed E-state index contributed by atoms with van der Waals surface area (Å²) in [6.07, 6.45) is 0. The van der Waals surface area contributed by atoms with Gasteiger partial charge < -0.3 is 4.57 Å². The molecule has 2 heteroatoms. The van der Waals surface area contributed by atoms with Crippen LogP contribution in [0.15, 0.2) is 103 Å². The van der Waals surface area contributed by atoms with E-state index in [0.717, 1.165) is 28.2 Å². The van der Waals surface area contributed by atoms with Gasteiger partial charge >= 0.3 is 0 Å². The molecule has 3 aromatic carbocycles. The summed E-state index contributed by atoms with van der Waals surface area (Å²) in [5, 5.41) is 1.25. The van der Waals surface area contributed by atoms with E-state index >= 15 is 0 Å². The summed E-state index contributed by atoms with van der Waals surface area (Å²) in [6.45, 7) is 2.16. The summed E-state index contributed by atoms with van der Waals surface area (Å²) in [4.78, 5) is 4.98. The van der Waals surface area contributed by atoms with E-state index in [1.807, 2.05) is 12.1 Å². The highest BCUT2D eigenvalue weighted by molar-refractivity contribution is 5.84. The van der Waals surface area contributed by atoms with E-state index in [-0.39, 0.29) is 0 Å². The molecule has 0 bridgehead atoms. The van der Waals surface area contributed by atoms with Gasteiger partial charge in [-0.1, -0.05) is 78.9 Å². The van der Waals surface area contributed by atoms with Gasteiger partial charge in [-0.25, -0.2) is 4.98 Å². The number of fused-ring (bicyclic) bond motifs is 1. The molecule has 0 unspecified atom stereocenters. The summed E-state index contributed by atoms with van der Waals surface area (Å²) in [5.41, 5.74) is 7.76. The molecule has 0 aliphatic rings. The molecular formula is C26H20N2. The van der Waals surface area contributed by atoms with Crippen molar-refractivity contribution in [3.63, 3.8) is 0 Å². The number of aryl methyl sites for hydroxylation is 1. The van der Waals surface area contributed by atoms with E-state index in [1.54, 1.807) is 0 Å². The van der Waals surface area contributed by atoms with Gasteiger partial charge in [0.15, 0.2) is 0 Å². The molecule has 2 heterocycles. The molecule has 5 rings (SSSR count). The van der Waals surface area contributed by atoms with E-state index < -0.39 is 0 Å². The van der Waals surface area contributed by atoms with Gasteiger partial charge in [0.05, 0.1) is 22.6 Å². The van der Waals surface area contributed by atoms with Crippen LogP contribution in [0.4, 0.5) is 0 Å². The normalized spacial score (nSPS) is 11.0. The molecule has 0 radical (unpaired) electrons. The number of para-hydroxylation sites is 1. The smallest absolute Gasteiger partial charge is 0.0730 e. The Bertz CT molecular complexity index is 1190. The SMILES string of the molecule is Cc1cc2ccccc2n1-c1cc(-c2ccccc2)nc(-c2ccccc2)c1. The molecule has 0 saturated carbocycles. The maximum Gasteiger partial charge on any atom is 0.0730 e. The highest BCUT2D eigenvalue weighted by Crippen LogP contribution is 2.30. The van der Waals surface area contributed by atoms with E-state index in [9.17, 15) is 0 Å². The average molecular weight is 360 g/mol. The van der Waals surface area contributed by atoms with Crippen LogP contribution >= 0.6 is 0 Å². The van der Waals surface area contributed by atoms with Gasteiger partial charge in [-0.3, -0.25) is 0 Å². The summed E-state index contributed by atoms with van der Waals surface area (Å²) in [7, 11) is 0. The lowest BCUT2D eigenvalue weighted by atomic mass is 10.1. The van der Waals surface area contributed by atoms with Crippen molar-refractivity contribution in [3.8, 4) is 28.2 Å². The molecule has 2 aromatic heterocycles. The fourth-order valence-electron chi connectivity index (χ4n) is 3.79. The van der Waals surface area contributed by atoms with Crippen molar-refractivity contribution in [1.29, 1.82) is 0 Å². The topological polar surface area (TPSA) is 17.8 Å². The third-order valence-corrected chi connectivity index (χ3v) is 5.10. The molecule has 0 N–H and O–H groups in total. The monoisotopic (exact) mass is 360 g/mol. The molecule has 5 aromatic rings. The van der Waals surface area contributed by atoms with E-state index in [2.05, 4.69) is 102 Å². The third-order valence-electron chi connectivity index (χ3n) is 5.10. The van der Waals surface area contributed by atoms with Crippen molar-refractivity contribution in [2.75, 3.05) is 0 Å². The number of pyridine rings is 1. The second kappa shape index (κ2) is 6.82. The molecule has 0 aliphatic heterocycles. The Balaban J connectivity index is 1.79.